The Morgan fingerprint density at radius 2 is 1.96 bits per heavy atom. The molecule has 0 bridgehead atoms. The fourth-order valence-electron chi connectivity index (χ4n) is 3.47. The molecule has 3 rings (SSSR count). The van der Waals surface area contributed by atoms with E-state index in [1.807, 2.05) is 18.0 Å². The Kier molecular flexibility index (Phi) is 5.08. The first kappa shape index (κ1) is 16.9. The van der Waals surface area contributed by atoms with E-state index >= 15 is 0 Å². The average molecular weight is 400 g/mol. The minimum absolute atomic E-state index is 0.0383. The fraction of sp³-hybridized carbons (Fsp3) is 0.625. The van der Waals surface area contributed by atoms with Crippen LogP contribution in [0.5, 0.6) is 0 Å². The highest BCUT2D eigenvalue weighted by atomic mass is 79.9. The molecule has 1 aromatic rings. The summed E-state index contributed by atoms with van der Waals surface area (Å²) >= 11 is 5.13. The molecule has 0 aromatic carbocycles. The van der Waals surface area contributed by atoms with E-state index in [2.05, 4.69) is 27.3 Å². The summed E-state index contributed by atoms with van der Waals surface area (Å²) in [4.78, 5) is 29.8. The van der Waals surface area contributed by atoms with Crippen molar-refractivity contribution in [3.63, 3.8) is 0 Å². The number of halogens is 1. The van der Waals surface area contributed by atoms with Crippen LogP contribution in [0.3, 0.4) is 0 Å². The molecule has 7 heteroatoms. The molecular formula is C16H22BrN3O2S. The van der Waals surface area contributed by atoms with Gasteiger partial charge in [-0.2, -0.15) is 0 Å². The number of amides is 3. The van der Waals surface area contributed by atoms with Crippen LogP contribution in [0.25, 0.3) is 0 Å². The first-order valence-electron chi connectivity index (χ1n) is 8.07. The van der Waals surface area contributed by atoms with Crippen LogP contribution in [-0.4, -0.2) is 41.0 Å². The van der Waals surface area contributed by atoms with Gasteiger partial charge in [-0.15, -0.1) is 11.3 Å². The minimum Gasteiger partial charge on any atom is -0.323 e. The van der Waals surface area contributed by atoms with Gasteiger partial charge in [0.05, 0.1) is 10.5 Å². The third kappa shape index (κ3) is 3.61. The molecule has 2 fully saturated rings. The van der Waals surface area contributed by atoms with Gasteiger partial charge in [-0.25, -0.2) is 9.69 Å². The van der Waals surface area contributed by atoms with Gasteiger partial charge in [0.15, 0.2) is 0 Å². The Morgan fingerprint density at radius 1 is 1.26 bits per heavy atom. The van der Waals surface area contributed by atoms with E-state index in [1.54, 1.807) is 11.3 Å². The quantitative estimate of drug-likeness (QED) is 0.787. The molecule has 1 aliphatic carbocycles. The maximum absolute atomic E-state index is 12.8. The van der Waals surface area contributed by atoms with Crippen molar-refractivity contribution in [3.8, 4) is 0 Å². The number of hydrogen-bond acceptors (Lipinski definition) is 4. The topological polar surface area (TPSA) is 52.6 Å². The first-order chi connectivity index (χ1) is 11.0. The number of thiophene rings is 1. The zero-order valence-corrected chi connectivity index (χ0v) is 15.7. The lowest BCUT2D eigenvalue weighted by Gasteiger charge is -2.26. The number of imide groups is 1. The van der Waals surface area contributed by atoms with Crippen molar-refractivity contribution in [1.29, 1.82) is 0 Å². The standard InChI is InChI=1S/C16H22BrN3O2S/c1-19(10-12-6-7-13(17)23-12)11-20-14(21)16(18-15(20)22)8-4-2-3-5-9-16/h6-7H,2-5,8-11H2,1H3,(H,18,22). The van der Waals surface area contributed by atoms with Crippen LogP contribution in [0.4, 0.5) is 4.79 Å². The molecule has 1 saturated heterocycles. The molecule has 3 amide bonds. The van der Waals surface area contributed by atoms with Crippen LogP contribution in [-0.2, 0) is 11.3 Å². The van der Waals surface area contributed by atoms with Crippen LogP contribution in [0.2, 0.25) is 0 Å². The van der Waals surface area contributed by atoms with Gasteiger partial charge >= 0.3 is 6.03 Å². The van der Waals surface area contributed by atoms with E-state index in [0.29, 0.717) is 6.67 Å². The maximum atomic E-state index is 12.8. The molecule has 23 heavy (non-hydrogen) atoms. The maximum Gasteiger partial charge on any atom is 0.326 e. The zero-order chi connectivity index (χ0) is 16.4. The summed E-state index contributed by atoms with van der Waals surface area (Å²) in [6.07, 6.45) is 5.87. The highest BCUT2D eigenvalue weighted by Gasteiger charge is 2.50. The Morgan fingerprint density at radius 3 is 2.57 bits per heavy atom. The average Bonchev–Trinajstić information content (AvgIpc) is 2.88. The van der Waals surface area contributed by atoms with Crippen LogP contribution in [0.15, 0.2) is 15.9 Å². The lowest BCUT2D eigenvalue weighted by molar-refractivity contribution is -0.133. The van der Waals surface area contributed by atoms with Crippen molar-refractivity contribution < 1.29 is 9.59 Å². The second kappa shape index (κ2) is 6.91. The number of urea groups is 1. The normalized spacial score (nSPS) is 21.1. The van der Waals surface area contributed by atoms with Gasteiger partial charge in [-0.3, -0.25) is 9.69 Å². The van der Waals surface area contributed by atoms with E-state index in [-0.39, 0.29) is 11.9 Å². The van der Waals surface area contributed by atoms with Crippen molar-refractivity contribution in [2.75, 3.05) is 13.7 Å². The molecule has 5 nitrogen and oxygen atoms in total. The minimum atomic E-state index is -0.639. The van der Waals surface area contributed by atoms with E-state index in [1.165, 1.54) is 9.78 Å². The molecule has 1 aromatic heterocycles. The SMILES string of the molecule is CN(Cc1ccc(Br)s1)CN1C(=O)NC2(CCCCCC2)C1=O. The predicted octanol–water partition coefficient (Wildman–Crippen LogP) is 3.54. The molecule has 1 spiro atoms. The summed E-state index contributed by atoms with van der Waals surface area (Å²) in [5, 5.41) is 2.99. The lowest BCUT2D eigenvalue weighted by Crippen LogP contribution is -2.47. The van der Waals surface area contributed by atoms with E-state index in [4.69, 9.17) is 0 Å². The van der Waals surface area contributed by atoms with Gasteiger partial charge in [-0.1, -0.05) is 25.7 Å². The molecule has 1 aliphatic heterocycles. The molecule has 1 saturated carbocycles. The van der Waals surface area contributed by atoms with Crippen LogP contribution < -0.4 is 5.32 Å². The summed E-state index contributed by atoms with van der Waals surface area (Å²) < 4.78 is 1.09. The van der Waals surface area contributed by atoms with Crippen molar-refractivity contribution in [1.82, 2.24) is 15.1 Å². The van der Waals surface area contributed by atoms with Crippen molar-refractivity contribution in [2.45, 2.75) is 50.6 Å². The Bertz CT molecular complexity index is 596. The third-order valence-electron chi connectivity index (χ3n) is 4.64. The zero-order valence-electron chi connectivity index (χ0n) is 13.3. The van der Waals surface area contributed by atoms with Gasteiger partial charge in [0.25, 0.3) is 5.91 Å². The van der Waals surface area contributed by atoms with Crippen molar-refractivity contribution >= 4 is 39.2 Å². The molecule has 0 radical (unpaired) electrons. The molecule has 0 unspecified atom stereocenters. The summed E-state index contributed by atoms with van der Waals surface area (Å²) in [5.41, 5.74) is -0.639. The number of carbonyl (C=O) groups excluding carboxylic acids is 2. The predicted molar refractivity (Wildman–Crippen MR) is 94.2 cm³/mol. The van der Waals surface area contributed by atoms with E-state index in [9.17, 15) is 9.59 Å². The lowest BCUT2D eigenvalue weighted by atomic mass is 9.90. The summed E-state index contributed by atoms with van der Waals surface area (Å²) in [7, 11) is 1.94. The third-order valence-corrected chi connectivity index (χ3v) is 6.25. The fourth-order valence-corrected chi connectivity index (χ4v) is 5.03. The Balaban J connectivity index is 1.65. The molecule has 2 heterocycles. The Labute approximate surface area is 149 Å². The van der Waals surface area contributed by atoms with Crippen LogP contribution >= 0.6 is 27.3 Å². The molecule has 126 valence electrons. The van der Waals surface area contributed by atoms with Gasteiger partial charge < -0.3 is 5.32 Å². The van der Waals surface area contributed by atoms with Gasteiger partial charge in [-0.05, 0) is 48.0 Å². The van der Waals surface area contributed by atoms with Gasteiger partial charge in [0.2, 0.25) is 0 Å². The number of hydrogen-bond donors (Lipinski definition) is 1. The summed E-state index contributed by atoms with van der Waals surface area (Å²) in [6.45, 7) is 1.06. The molecule has 1 N–H and O–H groups in total. The Hall–Kier alpha value is -0.920. The second-order valence-corrected chi connectivity index (χ2v) is 9.07. The van der Waals surface area contributed by atoms with Crippen molar-refractivity contribution in [2.24, 2.45) is 0 Å². The monoisotopic (exact) mass is 399 g/mol. The van der Waals surface area contributed by atoms with Crippen LogP contribution in [0, 0.1) is 0 Å². The summed E-state index contributed by atoms with van der Waals surface area (Å²) in [5.74, 6) is -0.0383. The summed E-state index contributed by atoms with van der Waals surface area (Å²) in [6, 6.07) is 3.84. The highest BCUT2D eigenvalue weighted by molar-refractivity contribution is 9.11. The van der Waals surface area contributed by atoms with Gasteiger partial charge in [0.1, 0.15) is 5.54 Å². The van der Waals surface area contributed by atoms with E-state index in [0.717, 1.165) is 48.9 Å². The second-order valence-electron chi connectivity index (χ2n) is 6.52. The van der Waals surface area contributed by atoms with Crippen molar-refractivity contribution in [3.05, 3.63) is 20.8 Å². The first-order valence-corrected chi connectivity index (χ1v) is 9.68. The number of rotatable bonds is 4. The number of nitrogens with one attached hydrogen (secondary N) is 1. The number of nitrogens with zero attached hydrogens (tertiary/aromatic N) is 2. The molecular weight excluding hydrogens is 378 g/mol. The molecule has 2 aliphatic rings. The highest BCUT2D eigenvalue weighted by Crippen LogP contribution is 2.33. The smallest absolute Gasteiger partial charge is 0.323 e. The largest absolute Gasteiger partial charge is 0.326 e. The van der Waals surface area contributed by atoms with E-state index < -0.39 is 5.54 Å². The van der Waals surface area contributed by atoms with Gasteiger partial charge in [0, 0.05) is 11.4 Å². The van der Waals surface area contributed by atoms with Crippen LogP contribution in [0.1, 0.15) is 43.4 Å². The number of carbonyl (C=O) groups is 2. The molecule has 0 atom stereocenters.